The lowest BCUT2D eigenvalue weighted by Gasteiger charge is -2.25. The van der Waals surface area contributed by atoms with E-state index in [0.29, 0.717) is 36.7 Å². The van der Waals surface area contributed by atoms with Crippen molar-refractivity contribution in [3.63, 3.8) is 0 Å². The number of imidazole rings is 1. The first kappa shape index (κ1) is 13.1. The van der Waals surface area contributed by atoms with Crippen LogP contribution in [-0.2, 0) is 16.5 Å². The van der Waals surface area contributed by atoms with Crippen LogP contribution >= 0.6 is 0 Å². The van der Waals surface area contributed by atoms with Gasteiger partial charge in [-0.05, 0) is 0 Å². The first-order chi connectivity index (χ1) is 9.65. The van der Waals surface area contributed by atoms with Gasteiger partial charge in [0.1, 0.15) is 12.1 Å². The highest BCUT2D eigenvalue weighted by Crippen LogP contribution is 2.25. The smallest absolute Gasteiger partial charge is 0.245 e. The molecule has 0 unspecified atom stereocenters. The van der Waals surface area contributed by atoms with Crippen LogP contribution in [0.4, 0.5) is 0 Å². The molecule has 1 saturated heterocycles. The van der Waals surface area contributed by atoms with Crippen molar-refractivity contribution in [3.8, 4) is 5.88 Å². The van der Waals surface area contributed by atoms with Crippen molar-refractivity contribution in [1.29, 1.82) is 5.41 Å². The lowest BCUT2D eigenvalue weighted by Crippen LogP contribution is -2.37. The molecule has 2 N–H and O–H groups in total. The Hall–Kier alpha value is -1.93. The number of hydrogen-bond acceptors (Lipinski definition) is 6. The number of H-pyrrole nitrogens is 1. The van der Waals surface area contributed by atoms with Gasteiger partial charge in [-0.1, -0.05) is 6.92 Å². The van der Waals surface area contributed by atoms with E-state index in [0.717, 1.165) is 0 Å². The lowest BCUT2D eigenvalue weighted by atomic mass is 10.2. The van der Waals surface area contributed by atoms with Gasteiger partial charge in [0.25, 0.3) is 0 Å². The summed E-state index contributed by atoms with van der Waals surface area (Å²) in [6.45, 7) is 3.35. The molecule has 20 heavy (non-hydrogen) atoms. The highest BCUT2D eigenvalue weighted by molar-refractivity contribution is 5.75. The Morgan fingerprint density at radius 3 is 2.95 bits per heavy atom. The number of nitrogens with zero attached hydrogens (tertiary/aromatic N) is 3. The van der Waals surface area contributed by atoms with E-state index in [2.05, 4.69) is 15.0 Å². The molecule has 2 aromatic rings. The summed E-state index contributed by atoms with van der Waals surface area (Å²) >= 11 is 0. The van der Waals surface area contributed by atoms with Crippen LogP contribution in [0.5, 0.6) is 5.88 Å². The number of fused-ring (bicyclic) bond motifs is 1. The van der Waals surface area contributed by atoms with Crippen LogP contribution < -0.4 is 10.4 Å². The van der Waals surface area contributed by atoms with Crippen molar-refractivity contribution in [2.45, 2.75) is 19.1 Å². The van der Waals surface area contributed by atoms with E-state index in [1.165, 1.54) is 0 Å². The van der Waals surface area contributed by atoms with Gasteiger partial charge in [-0.3, -0.25) is 9.98 Å². The number of hydrogen-bond donors (Lipinski definition) is 2. The Labute approximate surface area is 115 Å². The summed E-state index contributed by atoms with van der Waals surface area (Å²) in [6.07, 6.45) is 2.24. The van der Waals surface area contributed by atoms with E-state index in [1.807, 2.05) is 6.92 Å². The number of nitrogens with one attached hydrogen (secondary N) is 2. The molecule has 0 atom stereocenters. The van der Waals surface area contributed by atoms with Crippen molar-refractivity contribution in [1.82, 2.24) is 19.5 Å². The van der Waals surface area contributed by atoms with E-state index < -0.39 is 5.79 Å². The topological polar surface area (TPSA) is 98.0 Å². The maximum Gasteiger partial charge on any atom is 0.245 e. The summed E-state index contributed by atoms with van der Waals surface area (Å²) in [5.74, 6) is -0.374. The normalized spacial score (nSPS) is 17.7. The molecule has 0 aromatic carbocycles. The van der Waals surface area contributed by atoms with Gasteiger partial charge in [-0.2, -0.15) is 4.98 Å². The van der Waals surface area contributed by atoms with Gasteiger partial charge < -0.3 is 19.2 Å². The summed E-state index contributed by atoms with van der Waals surface area (Å²) in [5.41, 5.74) is 1.37. The molecule has 0 aliphatic carbocycles. The van der Waals surface area contributed by atoms with Crippen molar-refractivity contribution in [3.05, 3.63) is 11.9 Å². The molecule has 2 aromatic heterocycles. The van der Waals surface area contributed by atoms with Crippen LogP contribution in [0.15, 0.2) is 6.33 Å². The second-order valence-corrected chi connectivity index (χ2v) is 4.65. The van der Waals surface area contributed by atoms with Crippen molar-refractivity contribution in [2.75, 3.05) is 19.8 Å². The Morgan fingerprint density at radius 1 is 1.50 bits per heavy atom. The molecule has 0 saturated carbocycles. The minimum atomic E-state index is -0.714. The largest absolute Gasteiger partial charge is 0.470 e. The fourth-order valence-corrected chi connectivity index (χ4v) is 2.20. The Morgan fingerprint density at radius 2 is 2.25 bits per heavy atom. The van der Waals surface area contributed by atoms with Gasteiger partial charge in [-0.15, -0.1) is 0 Å². The molecule has 108 valence electrons. The number of aromatic nitrogens is 4. The summed E-state index contributed by atoms with van der Waals surface area (Å²) in [7, 11) is 1.74. The molecule has 3 rings (SSSR count). The molecule has 0 bridgehead atoms. The Kier molecular flexibility index (Phi) is 3.19. The van der Waals surface area contributed by atoms with Crippen LogP contribution in [0.2, 0.25) is 0 Å². The number of rotatable bonds is 4. The van der Waals surface area contributed by atoms with Crippen LogP contribution in [0.1, 0.15) is 13.3 Å². The summed E-state index contributed by atoms with van der Waals surface area (Å²) < 4.78 is 18.5. The van der Waals surface area contributed by atoms with E-state index in [9.17, 15) is 0 Å². The zero-order valence-electron chi connectivity index (χ0n) is 11.5. The first-order valence-corrected chi connectivity index (χ1v) is 6.50. The number of aromatic amines is 1. The lowest BCUT2D eigenvalue weighted by molar-refractivity contribution is -0.179. The predicted octanol–water partition coefficient (Wildman–Crippen LogP) is 0.308. The van der Waals surface area contributed by atoms with Crippen LogP contribution in [0.25, 0.3) is 11.2 Å². The molecule has 0 amide bonds. The van der Waals surface area contributed by atoms with Gasteiger partial charge in [0.15, 0.2) is 5.65 Å². The molecule has 3 heterocycles. The molecule has 8 heteroatoms. The zero-order chi connectivity index (χ0) is 14.2. The van der Waals surface area contributed by atoms with E-state index in [-0.39, 0.29) is 12.2 Å². The highest BCUT2D eigenvalue weighted by Gasteiger charge is 2.36. The quantitative estimate of drug-likeness (QED) is 0.839. The molecule has 1 aliphatic heterocycles. The molecular weight excluding hydrogens is 262 g/mol. The second-order valence-electron chi connectivity index (χ2n) is 4.65. The third-order valence-corrected chi connectivity index (χ3v) is 3.46. The molecule has 1 aliphatic rings. The molecule has 0 spiro atoms. The summed E-state index contributed by atoms with van der Waals surface area (Å²) in [6, 6.07) is 0. The maximum absolute atomic E-state index is 7.82. The second kappa shape index (κ2) is 4.88. The third kappa shape index (κ3) is 2.06. The first-order valence-electron chi connectivity index (χ1n) is 6.50. The minimum absolute atomic E-state index is 0.0819. The summed E-state index contributed by atoms with van der Waals surface area (Å²) in [4.78, 5) is 11.3. The van der Waals surface area contributed by atoms with Gasteiger partial charge >= 0.3 is 0 Å². The van der Waals surface area contributed by atoms with Gasteiger partial charge in [-0.25, -0.2) is 4.98 Å². The predicted molar refractivity (Wildman–Crippen MR) is 69.1 cm³/mol. The molecule has 1 fully saturated rings. The van der Waals surface area contributed by atoms with E-state index in [1.54, 1.807) is 17.9 Å². The zero-order valence-corrected chi connectivity index (χ0v) is 11.5. The van der Waals surface area contributed by atoms with Crippen molar-refractivity contribution >= 4 is 11.2 Å². The van der Waals surface area contributed by atoms with Crippen LogP contribution in [0, 0.1) is 5.41 Å². The maximum atomic E-state index is 7.82. The summed E-state index contributed by atoms with van der Waals surface area (Å²) in [5, 5.41) is 7.82. The number of aryl methyl sites for hydroxylation is 1. The SMILES string of the molecule is CCC1(COc2nc(=N)n(C)c3nc[nH]c23)OCCO1. The number of ether oxygens (including phenoxy) is 3. The molecule has 8 nitrogen and oxygen atoms in total. The fraction of sp³-hybridized carbons (Fsp3) is 0.583. The molecular formula is C12H17N5O3. The van der Waals surface area contributed by atoms with Crippen LogP contribution in [0.3, 0.4) is 0 Å². The fourth-order valence-electron chi connectivity index (χ4n) is 2.20. The van der Waals surface area contributed by atoms with Gasteiger partial charge in [0, 0.05) is 13.5 Å². The van der Waals surface area contributed by atoms with Crippen LogP contribution in [-0.4, -0.2) is 45.1 Å². The molecule has 0 radical (unpaired) electrons. The average Bonchev–Trinajstić information content (AvgIpc) is 3.11. The van der Waals surface area contributed by atoms with Crippen molar-refractivity contribution < 1.29 is 14.2 Å². The van der Waals surface area contributed by atoms with E-state index in [4.69, 9.17) is 19.6 Å². The van der Waals surface area contributed by atoms with E-state index >= 15 is 0 Å². The van der Waals surface area contributed by atoms with Gasteiger partial charge in [0.05, 0.1) is 19.5 Å². The Balaban J connectivity index is 1.89. The third-order valence-electron chi connectivity index (χ3n) is 3.46. The highest BCUT2D eigenvalue weighted by atomic mass is 16.8. The average molecular weight is 279 g/mol. The van der Waals surface area contributed by atoms with Crippen molar-refractivity contribution in [2.24, 2.45) is 7.05 Å². The monoisotopic (exact) mass is 279 g/mol. The van der Waals surface area contributed by atoms with Gasteiger partial charge in [0.2, 0.25) is 17.3 Å². The minimum Gasteiger partial charge on any atom is -0.470 e. The Bertz CT molecular complexity index is 671. The standard InChI is InChI=1S/C12H17N5O3/c1-3-12(19-4-5-20-12)6-18-10-8-9(15-7-14-8)17(2)11(13)16-10/h7,13H,3-6H2,1-2H3,(H,14,15).